The molecule has 6 nitrogen and oxygen atoms in total. The maximum absolute atomic E-state index is 12.7. The normalized spacial score (nSPS) is 21.9. The lowest BCUT2D eigenvalue weighted by atomic mass is 9.85. The topological polar surface area (TPSA) is 75.7 Å². The van der Waals surface area contributed by atoms with Crippen LogP contribution in [0.4, 0.5) is 0 Å². The first-order chi connectivity index (χ1) is 14.0. The number of rotatable bonds is 5. The van der Waals surface area contributed by atoms with Crippen molar-refractivity contribution < 1.29 is 19.1 Å². The molecular formula is C23H24N2O4. The Morgan fingerprint density at radius 3 is 2.34 bits per heavy atom. The van der Waals surface area contributed by atoms with Crippen molar-refractivity contribution in [1.29, 1.82) is 0 Å². The van der Waals surface area contributed by atoms with Gasteiger partial charge in [0, 0.05) is 6.54 Å². The lowest BCUT2D eigenvalue weighted by molar-refractivity contribution is -0.147. The van der Waals surface area contributed by atoms with Crippen molar-refractivity contribution >= 4 is 28.5 Å². The molecule has 3 unspecified atom stereocenters. The van der Waals surface area contributed by atoms with E-state index in [1.807, 2.05) is 48.6 Å². The van der Waals surface area contributed by atoms with Crippen LogP contribution in [-0.2, 0) is 20.9 Å². The van der Waals surface area contributed by atoms with E-state index in [1.165, 1.54) is 0 Å². The summed E-state index contributed by atoms with van der Waals surface area (Å²) in [6, 6.07) is 10.9. The van der Waals surface area contributed by atoms with Crippen LogP contribution in [-0.4, -0.2) is 35.8 Å². The van der Waals surface area contributed by atoms with Gasteiger partial charge in [-0.3, -0.25) is 19.3 Å². The van der Waals surface area contributed by atoms with Crippen molar-refractivity contribution in [2.75, 3.05) is 7.11 Å². The number of methoxy groups -OCH3 is 1. The number of allylic oxidation sites excluding steroid dienone is 2. The summed E-state index contributed by atoms with van der Waals surface area (Å²) in [7, 11) is 1.63. The molecule has 0 bridgehead atoms. The van der Waals surface area contributed by atoms with E-state index in [0.717, 1.165) is 27.0 Å². The summed E-state index contributed by atoms with van der Waals surface area (Å²) >= 11 is 0. The average molecular weight is 392 g/mol. The van der Waals surface area contributed by atoms with Gasteiger partial charge in [0.1, 0.15) is 11.8 Å². The molecule has 1 fully saturated rings. The number of amides is 3. The molecule has 1 heterocycles. The Kier molecular flexibility index (Phi) is 5.09. The van der Waals surface area contributed by atoms with Crippen molar-refractivity contribution in [3.05, 3.63) is 54.1 Å². The zero-order chi connectivity index (χ0) is 20.5. The molecular weight excluding hydrogens is 368 g/mol. The van der Waals surface area contributed by atoms with E-state index in [2.05, 4.69) is 5.32 Å². The summed E-state index contributed by atoms with van der Waals surface area (Å²) in [4.78, 5) is 39.1. The van der Waals surface area contributed by atoms with Crippen molar-refractivity contribution in [2.24, 2.45) is 11.8 Å². The van der Waals surface area contributed by atoms with Crippen molar-refractivity contribution in [1.82, 2.24) is 10.2 Å². The molecule has 1 saturated heterocycles. The van der Waals surface area contributed by atoms with Gasteiger partial charge < -0.3 is 10.1 Å². The van der Waals surface area contributed by atoms with Gasteiger partial charge in [0.15, 0.2) is 0 Å². The number of fused-ring (bicyclic) bond motifs is 2. The Morgan fingerprint density at radius 1 is 1.07 bits per heavy atom. The highest BCUT2D eigenvalue weighted by atomic mass is 16.5. The molecule has 0 aromatic heterocycles. The fraction of sp³-hybridized carbons (Fsp3) is 0.348. The van der Waals surface area contributed by atoms with Crippen LogP contribution in [0.1, 0.15) is 25.3 Å². The Labute approximate surface area is 169 Å². The summed E-state index contributed by atoms with van der Waals surface area (Å²) in [5.41, 5.74) is 0.945. The molecule has 3 amide bonds. The maximum Gasteiger partial charge on any atom is 0.243 e. The van der Waals surface area contributed by atoms with Gasteiger partial charge in [-0.1, -0.05) is 30.4 Å². The lowest BCUT2D eigenvalue weighted by Crippen LogP contribution is -2.48. The molecule has 1 N–H and O–H groups in total. The smallest absolute Gasteiger partial charge is 0.243 e. The molecule has 29 heavy (non-hydrogen) atoms. The Morgan fingerprint density at radius 2 is 1.69 bits per heavy atom. The van der Waals surface area contributed by atoms with Crippen molar-refractivity contribution in [3.8, 4) is 5.75 Å². The SMILES string of the molecule is COc1ccc2cc(CNC(=O)C(C)N3C(=O)C4CC=CCC4C3=O)ccc2c1. The molecule has 1 aliphatic heterocycles. The lowest BCUT2D eigenvalue weighted by Gasteiger charge is -2.22. The third kappa shape index (κ3) is 3.50. The van der Waals surface area contributed by atoms with Gasteiger partial charge in [0.25, 0.3) is 0 Å². The van der Waals surface area contributed by atoms with E-state index in [9.17, 15) is 14.4 Å². The molecule has 0 radical (unpaired) electrons. The summed E-state index contributed by atoms with van der Waals surface area (Å²) in [5, 5.41) is 4.96. The number of ether oxygens (including phenoxy) is 1. The van der Waals surface area contributed by atoms with Crippen LogP contribution < -0.4 is 10.1 Å². The number of nitrogens with zero attached hydrogens (tertiary/aromatic N) is 1. The zero-order valence-corrected chi connectivity index (χ0v) is 16.6. The Balaban J connectivity index is 1.42. The van der Waals surface area contributed by atoms with Crippen LogP contribution in [0.5, 0.6) is 5.75 Å². The van der Waals surface area contributed by atoms with Crippen LogP contribution in [0.3, 0.4) is 0 Å². The highest BCUT2D eigenvalue weighted by molar-refractivity contribution is 6.08. The van der Waals surface area contributed by atoms with Crippen LogP contribution in [0.15, 0.2) is 48.6 Å². The predicted molar refractivity (Wildman–Crippen MR) is 109 cm³/mol. The third-order valence-corrected chi connectivity index (χ3v) is 5.89. The minimum absolute atomic E-state index is 0.230. The zero-order valence-electron chi connectivity index (χ0n) is 16.6. The van der Waals surface area contributed by atoms with Crippen LogP contribution in [0, 0.1) is 11.8 Å². The minimum atomic E-state index is -0.815. The van der Waals surface area contributed by atoms with Gasteiger partial charge in [-0.2, -0.15) is 0 Å². The van der Waals surface area contributed by atoms with Crippen molar-refractivity contribution in [2.45, 2.75) is 32.4 Å². The van der Waals surface area contributed by atoms with Gasteiger partial charge in [-0.05, 0) is 54.3 Å². The Hall–Kier alpha value is -3.15. The summed E-state index contributed by atoms with van der Waals surface area (Å²) in [6.45, 7) is 1.94. The molecule has 4 rings (SSSR count). The highest BCUT2D eigenvalue weighted by Crippen LogP contribution is 2.36. The average Bonchev–Trinajstić information content (AvgIpc) is 3.01. The number of nitrogens with one attached hydrogen (secondary N) is 1. The fourth-order valence-electron chi connectivity index (χ4n) is 4.17. The second kappa shape index (κ2) is 7.70. The molecule has 150 valence electrons. The molecule has 2 aromatic rings. The number of hydrogen-bond donors (Lipinski definition) is 1. The summed E-state index contributed by atoms with van der Waals surface area (Å²) in [5.74, 6) is -0.630. The van der Waals surface area contributed by atoms with Crippen molar-refractivity contribution in [3.63, 3.8) is 0 Å². The van der Waals surface area contributed by atoms with Gasteiger partial charge >= 0.3 is 0 Å². The van der Waals surface area contributed by atoms with Gasteiger partial charge in [-0.15, -0.1) is 0 Å². The van der Waals surface area contributed by atoms with E-state index >= 15 is 0 Å². The first-order valence-electron chi connectivity index (χ1n) is 9.86. The second-order valence-corrected chi connectivity index (χ2v) is 7.64. The monoisotopic (exact) mass is 392 g/mol. The van der Waals surface area contributed by atoms with E-state index in [4.69, 9.17) is 4.74 Å². The first-order valence-corrected chi connectivity index (χ1v) is 9.86. The molecule has 1 aliphatic carbocycles. The van der Waals surface area contributed by atoms with Gasteiger partial charge in [0.2, 0.25) is 17.7 Å². The first kappa shape index (κ1) is 19.2. The predicted octanol–water partition coefficient (Wildman–Crippen LogP) is 2.80. The molecule has 0 spiro atoms. The van der Waals surface area contributed by atoms with Crippen LogP contribution >= 0.6 is 0 Å². The quantitative estimate of drug-likeness (QED) is 0.627. The number of likely N-dealkylation sites (tertiary alicyclic amines) is 1. The van der Waals surface area contributed by atoms with E-state index in [1.54, 1.807) is 14.0 Å². The minimum Gasteiger partial charge on any atom is -0.497 e. The fourth-order valence-corrected chi connectivity index (χ4v) is 4.17. The molecule has 2 aromatic carbocycles. The largest absolute Gasteiger partial charge is 0.497 e. The highest BCUT2D eigenvalue weighted by Gasteiger charge is 2.50. The second-order valence-electron chi connectivity index (χ2n) is 7.64. The standard InChI is InChI=1S/C23H24N2O4/c1-14(25-22(27)19-5-3-4-6-20(19)23(25)28)21(26)24-13-15-7-8-17-12-18(29-2)10-9-16(17)11-15/h3-4,7-12,14,19-20H,5-6,13H2,1-2H3,(H,24,26). The van der Waals surface area contributed by atoms with Crippen LogP contribution in [0.25, 0.3) is 10.8 Å². The number of carbonyl (C=O) groups excluding carboxylic acids is 3. The molecule has 0 saturated carbocycles. The number of imide groups is 1. The van der Waals surface area contributed by atoms with E-state index in [-0.39, 0.29) is 29.6 Å². The van der Waals surface area contributed by atoms with Crippen LogP contribution in [0.2, 0.25) is 0 Å². The molecule has 2 aliphatic rings. The molecule has 3 atom stereocenters. The molecule has 6 heteroatoms. The maximum atomic E-state index is 12.7. The number of carbonyl (C=O) groups is 3. The van der Waals surface area contributed by atoms with Gasteiger partial charge in [-0.25, -0.2) is 0 Å². The van der Waals surface area contributed by atoms with E-state index < -0.39 is 6.04 Å². The van der Waals surface area contributed by atoms with E-state index in [0.29, 0.717) is 19.4 Å². The number of benzene rings is 2. The summed E-state index contributed by atoms with van der Waals surface area (Å²) < 4.78 is 5.24. The summed E-state index contributed by atoms with van der Waals surface area (Å²) in [6.07, 6.45) is 5.02. The van der Waals surface area contributed by atoms with Gasteiger partial charge in [0.05, 0.1) is 18.9 Å². The number of hydrogen-bond acceptors (Lipinski definition) is 4. The Bertz CT molecular complexity index is 987. The third-order valence-electron chi connectivity index (χ3n) is 5.89.